The summed E-state index contributed by atoms with van der Waals surface area (Å²) in [5.74, 6) is 0.0371. The molecule has 0 heterocycles. The average molecular weight is 641 g/mol. The number of sulfonamides is 1. The van der Waals surface area contributed by atoms with Crippen molar-refractivity contribution in [1.82, 2.24) is 5.32 Å². The summed E-state index contributed by atoms with van der Waals surface area (Å²) in [5, 5.41) is 2.89. The Morgan fingerprint density at radius 1 is 0.800 bits per heavy atom. The molecule has 0 spiro atoms. The van der Waals surface area contributed by atoms with Gasteiger partial charge in [0.1, 0.15) is 17.5 Å². The Morgan fingerprint density at radius 3 is 2.13 bits per heavy atom. The molecule has 1 amide bonds. The number of rotatable bonds is 11. The Labute approximate surface area is 266 Å². The van der Waals surface area contributed by atoms with E-state index in [9.17, 15) is 18.0 Å². The number of hydrogen-bond donors (Lipinski definition) is 2. The molecule has 5 rings (SSSR count). The number of anilines is 1. The van der Waals surface area contributed by atoms with E-state index in [4.69, 9.17) is 21.1 Å². The minimum atomic E-state index is -4.00. The van der Waals surface area contributed by atoms with Crippen molar-refractivity contribution in [2.24, 2.45) is 0 Å². The van der Waals surface area contributed by atoms with E-state index in [1.165, 1.54) is 37.4 Å². The lowest BCUT2D eigenvalue weighted by Gasteiger charge is -2.19. The Hall–Kier alpha value is -5.12. The van der Waals surface area contributed by atoms with E-state index in [-0.39, 0.29) is 27.6 Å². The normalized spacial score (nSPS) is 11.7. The SMILES string of the molecule is COC(=O)[C@H](Cc1ccc(-c2ccccc2Oc2ccccc2)cc1)NC(=O)c1cc(Cl)ccc1NS(=O)(=O)c1ccccc1. The molecule has 5 aromatic carbocycles. The lowest BCUT2D eigenvalue weighted by atomic mass is 9.99. The highest BCUT2D eigenvalue weighted by Gasteiger charge is 2.25. The number of esters is 1. The highest BCUT2D eigenvalue weighted by Crippen LogP contribution is 2.33. The molecule has 5 aromatic rings. The van der Waals surface area contributed by atoms with Crippen LogP contribution in [0.5, 0.6) is 11.5 Å². The van der Waals surface area contributed by atoms with Gasteiger partial charge in [0.05, 0.1) is 23.3 Å². The van der Waals surface area contributed by atoms with Crippen molar-refractivity contribution in [1.29, 1.82) is 0 Å². The molecule has 228 valence electrons. The molecule has 0 unspecified atom stereocenters. The number of amides is 1. The number of carbonyl (C=O) groups excluding carboxylic acids is 2. The van der Waals surface area contributed by atoms with Crippen LogP contribution >= 0.6 is 11.6 Å². The molecular weight excluding hydrogens is 612 g/mol. The summed E-state index contributed by atoms with van der Waals surface area (Å²) in [5.41, 5.74) is 2.49. The summed E-state index contributed by atoms with van der Waals surface area (Å²) in [6, 6.07) is 35.6. The van der Waals surface area contributed by atoms with Gasteiger partial charge >= 0.3 is 5.97 Å². The van der Waals surface area contributed by atoms with E-state index in [2.05, 4.69) is 10.0 Å². The minimum Gasteiger partial charge on any atom is -0.467 e. The molecular formula is C35H29ClN2O6S. The Bertz CT molecular complexity index is 1900. The number of nitrogens with one attached hydrogen (secondary N) is 2. The standard InChI is InChI=1S/C35H29ClN2O6S/c1-43-35(40)32(37-34(39)30-23-26(36)20-21-31(30)38-45(41,42)28-12-6-3-7-13-28)22-24-16-18-25(19-17-24)29-14-8-9-15-33(29)44-27-10-4-2-5-11-27/h2-21,23,32,38H,22H2,1H3,(H,37,39)/t32-/m0/s1. The van der Waals surface area contributed by atoms with Crippen LogP contribution in [0.2, 0.25) is 5.02 Å². The number of hydrogen-bond acceptors (Lipinski definition) is 6. The Balaban J connectivity index is 1.34. The zero-order chi connectivity index (χ0) is 31.8. The number of para-hydroxylation sites is 2. The first-order valence-corrected chi connectivity index (χ1v) is 15.8. The van der Waals surface area contributed by atoms with Crippen LogP contribution in [0.15, 0.2) is 132 Å². The van der Waals surface area contributed by atoms with Gasteiger partial charge in [0.25, 0.3) is 15.9 Å². The molecule has 0 aliphatic rings. The van der Waals surface area contributed by atoms with Gasteiger partial charge in [0.2, 0.25) is 0 Å². The third kappa shape index (κ3) is 7.89. The third-order valence-electron chi connectivity index (χ3n) is 6.88. The monoisotopic (exact) mass is 640 g/mol. The van der Waals surface area contributed by atoms with Crippen LogP contribution in [0.3, 0.4) is 0 Å². The fourth-order valence-corrected chi connectivity index (χ4v) is 5.91. The summed E-state index contributed by atoms with van der Waals surface area (Å²) >= 11 is 6.17. The Kier molecular flexibility index (Phi) is 9.82. The maximum atomic E-state index is 13.5. The fraction of sp³-hybridized carbons (Fsp3) is 0.0857. The van der Waals surface area contributed by atoms with Crippen molar-refractivity contribution in [3.8, 4) is 22.6 Å². The maximum Gasteiger partial charge on any atom is 0.328 e. The molecule has 0 saturated carbocycles. The molecule has 0 aliphatic heterocycles. The summed E-state index contributed by atoms with van der Waals surface area (Å²) in [7, 11) is -2.77. The quantitative estimate of drug-likeness (QED) is 0.149. The largest absolute Gasteiger partial charge is 0.467 e. The van der Waals surface area contributed by atoms with E-state index < -0.39 is 27.9 Å². The van der Waals surface area contributed by atoms with Crippen molar-refractivity contribution in [2.45, 2.75) is 17.4 Å². The lowest BCUT2D eigenvalue weighted by Crippen LogP contribution is -2.43. The topological polar surface area (TPSA) is 111 Å². The number of ether oxygens (including phenoxy) is 2. The van der Waals surface area contributed by atoms with Crippen LogP contribution in [0.1, 0.15) is 15.9 Å². The van der Waals surface area contributed by atoms with E-state index >= 15 is 0 Å². The van der Waals surface area contributed by atoms with Gasteiger partial charge in [-0.25, -0.2) is 13.2 Å². The summed E-state index contributed by atoms with van der Waals surface area (Å²) < 4.78 is 39.4. The average Bonchev–Trinajstić information content (AvgIpc) is 3.06. The molecule has 0 bridgehead atoms. The van der Waals surface area contributed by atoms with Crippen molar-refractivity contribution in [2.75, 3.05) is 11.8 Å². The molecule has 10 heteroatoms. The highest BCUT2D eigenvalue weighted by atomic mass is 35.5. The number of carbonyl (C=O) groups is 2. The summed E-state index contributed by atoms with van der Waals surface area (Å²) in [6.45, 7) is 0. The molecule has 0 fully saturated rings. The molecule has 45 heavy (non-hydrogen) atoms. The van der Waals surface area contributed by atoms with Gasteiger partial charge in [-0.15, -0.1) is 0 Å². The molecule has 1 atom stereocenters. The predicted octanol–water partition coefficient (Wildman–Crippen LogP) is 7.11. The van der Waals surface area contributed by atoms with Crippen LogP contribution in [-0.4, -0.2) is 33.4 Å². The van der Waals surface area contributed by atoms with Crippen LogP contribution in [0.25, 0.3) is 11.1 Å². The number of benzene rings is 5. The van der Waals surface area contributed by atoms with Gasteiger partial charge in [-0.2, -0.15) is 0 Å². The first-order valence-electron chi connectivity index (χ1n) is 13.9. The summed E-state index contributed by atoms with van der Waals surface area (Å²) in [4.78, 5) is 26.3. The fourth-order valence-electron chi connectivity index (χ4n) is 4.63. The van der Waals surface area contributed by atoms with Gasteiger partial charge in [-0.05, 0) is 59.7 Å². The molecule has 8 nitrogen and oxygen atoms in total. The zero-order valence-electron chi connectivity index (χ0n) is 24.1. The van der Waals surface area contributed by atoms with E-state index in [0.29, 0.717) is 11.5 Å². The summed E-state index contributed by atoms with van der Waals surface area (Å²) in [6.07, 6.45) is 0.118. The van der Waals surface area contributed by atoms with Gasteiger partial charge in [0, 0.05) is 17.0 Å². The van der Waals surface area contributed by atoms with Crippen molar-refractivity contribution in [3.05, 3.63) is 144 Å². The molecule has 0 radical (unpaired) electrons. The third-order valence-corrected chi connectivity index (χ3v) is 8.49. The van der Waals surface area contributed by atoms with Gasteiger partial charge in [-0.1, -0.05) is 90.5 Å². The smallest absolute Gasteiger partial charge is 0.328 e. The minimum absolute atomic E-state index is 0.00473. The maximum absolute atomic E-state index is 13.5. The molecule has 0 aliphatic carbocycles. The van der Waals surface area contributed by atoms with Crippen LogP contribution in [0.4, 0.5) is 5.69 Å². The van der Waals surface area contributed by atoms with Crippen LogP contribution in [0, 0.1) is 0 Å². The number of halogens is 1. The second kappa shape index (κ2) is 14.1. The van der Waals surface area contributed by atoms with Crippen LogP contribution < -0.4 is 14.8 Å². The molecule has 2 N–H and O–H groups in total. The predicted molar refractivity (Wildman–Crippen MR) is 174 cm³/mol. The highest BCUT2D eigenvalue weighted by molar-refractivity contribution is 7.92. The van der Waals surface area contributed by atoms with Crippen LogP contribution in [-0.2, 0) is 26.0 Å². The Morgan fingerprint density at radius 2 is 1.44 bits per heavy atom. The van der Waals surface area contributed by atoms with E-state index in [1.54, 1.807) is 18.2 Å². The zero-order valence-corrected chi connectivity index (χ0v) is 25.7. The first-order chi connectivity index (χ1) is 21.7. The van der Waals surface area contributed by atoms with Gasteiger partial charge < -0.3 is 14.8 Å². The first kappa shape index (κ1) is 31.3. The van der Waals surface area contributed by atoms with Crippen molar-refractivity contribution in [3.63, 3.8) is 0 Å². The number of methoxy groups -OCH3 is 1. The van der Waals surface area contributed by atoms with E-state index in [1.807, 2.05) is 78.9 Å². The lowest BCUT2D eigenvalue weighted by molar-refractivity contribution is -0.142. The second-order valence-electron chi connectivity index (χ2n) is 9.97. The van der Waals surface area contributed by atoms with E-state index in [0.717, 1.165) is 16.7 Å². The van der Waals surface area contributed by atoms with Gasteiger partial charge in [-0.3, -0.25) is 9.52 Å². The van der Waals surface area contributed by atoms with Crippen molar-refractivity contribution < 1.29 is 27.5 Å². The van der Waals surface area contributed by atoms with Gasteiger partial charge in [0.15, 0.2) is 0 Å². The molecule has 0 saturated heterocycles. The van der Waals surface area contributed by atoms with Crippen molar-refractivity contribution >= 4 is 39.2 Å². The molecule has 0 aromatic heterocycles. The second-order valence-corrected chi connectivity index (χ2v) is 12.1.